The van der Waals surface area contributed by atoms with Gasteiger partial charge in [0.2, 0.25) is 59.1 Å². The molecule has 0 bridgehead atoms. The number of aliphatic imine (C=N–C) groups is 1. The van der Waals surface area contributed by atoms with E-state index >= 15 is 14.4 Å². The van der Waals surface area contributed by atoms with Crippen molar-refractivity contribution in [1.82, 2.24) is 62.7 Å². The number of aliphatic carboxylic acids is 2. The fourth-order valence-electron chi connectivity index (χ4n) is 10.9. The van der Waals surface area contributed by atoms with Crippen LogP contribution in [0.15, 0.2) is 47.8 Å². The number of carboxylic acids is 2. The number of nitrogens with one attached hydrogen (secondary N) is 10. The van der Waals surface area contributed by atoms with Crippen molar-refractivity contribution in [3.05, 3.63) is 54.1 Å². The lowest BCUT2D eigenvalue weighted by Crippen LogP contribution is -2.65. The van der Waals surface area contributed by atoms with Gasteiger partial charge in [-0.1, -0.05) is 98.6 Å². The molecule has 2 aliphatic heterocycles. The highest BCUT2D eigenvalue weighted by Crippen LogP contribution is 2.25. The van der Waals surface area contributed by atoms with E-state index < -0.39 is 206 Å². The molecule has 4 rings (SSSR count). The Morgan fingerprint density at radius 3 is 1.82 bits per heavy atom. The van der Waals surface area contributed by atoms with Gasteiger partial charge in [0.05, 0.1) is 30.3 Å². The Kier molecular flexibility index (Phi) is 34.1. The molecule has 3 heterocycles. The van der Waals surface area contributed by atoms with E-state index in [9.17, 15) is 63.0 Å². The number of imide groups is 1. The van der Waals surface area contributed by atoms with Gasteiger partial charge in [-0.2, -0.15) is 0 Å². The number of hydrogen-bond donors (Lipinski definition) is 16. The summed E-state index contributed by atoms with van der Waals surface area (Å²) in [5, 5.41) is 43.7. The van der Waals surface area contributed by atoms with Gasteiger partial charge in [0, 0.05) is 36.9 Å². The molecular formula is C65H101N17O16S. The Labute approximate surface area is 579 Å². The molecule has 0 unspecified atom stereocenters. The summed E-state index contributed by atoms with van der Waals surface area (Å²) in [6, 6.07) is -10.9. The Bertz CT molecular complexity index is 3160. The number of rotatable bonds is 33. The summed E-state index contributed by atoms with van der Waals surface area (Å²) < 4.78 is 0. The van der Waals surface area contributed by atoms with Crippen LogP contribution >= 0.6 is 11.8 Å². The number of thioether (sulfide) groups is 1. The van der Waals surface area contributed by atoms with Crippen LogP contribution in [0, 0.1) is 23.7 Å². The van der Waals surface area contributed by atoms with Crippen LogP contribution in [0.4, 0.5) is 0 Å². The average Bonchev–Trinajstić information content (AvgIpc) is 1.22. The van der Waals surface area contributed by atoms with E-state index in [0.29, 0.717) is 15.5 Å². The van der Waals surface area contributed by atoms with Crippen molar-refractivity contribution >= 4 is 99.6 Å². The van der Waals surface area contributed by atoms with Crippen LogP contribution in [0.3, 0.4) is 0 Å². The first-order chi connectivity index (χ1) is 46.8. The average molecular weight is 1410 g/mol. The molecule has 1 saturated heterocycles. The van der Waals surface area contributed by atoms with Crippen molar-refractivity contribution < 1.29 is 77.3 Å². The summed E-state index contributed by atoms with van der Waals surface area (Å²) in [6.45, 7) is 13.6. The zero-order valence-electron chi connectivity index (χ0n) is 57.5. The van der Waals surface area contributed by atoms with E-state index in [2.05, 4.69) is 62.8 Å². The fourth-order valence-corrected chi connectivity index (χ4v) is 12.1. The first kappa shape index (κ1) is 82.5. The maximum Gasteiger partial charge on any atom is 0.305 e. The number of benzene rings is 1. The number of amides is 12. The number of carbonyl (C=O) groups excluding carboxylic acids is 12. The van der Waals surface area contributed by atoms with Crippen LogP contribution < -0.4 is 70.8 Å². The lowest BCUT2D eigenvalue weighted by Gasteiger charge is -2.37. The highest BCUT2D eigenvalue weighted by Gasteiger charge is 2.46. The minimum Gasteiger partial charge on any atom is -0.481 e. The van der Waals surface area contributed by atoms with Crippen LogP contribution in [0.2, 0.25) is 0 Å². The van der Waals surface area contributed by atoms with Gasteiger partial charge in [0.25, 0.3) is 11.8 Å². The monoisotopic (exact) mass is 1410 g/mol. The second kappa shape index (κ2) is 40.9. The van der Waals surface area contributed by atoms with Crippen LogP contribution in [0.1, 0.15) is 144 Å². The van der Waals surface area contributed by atoms with E-state index in [1.165, 1.54) is 31.2 Å². The number of imidazole rings is 1. The minimum atomic E-state index is -2.33. The van der Waals surface area contributed by atoms with Gasteiger partial charge in [0.1, 0.15) is 66.5 Å². The SMILES string of the molecule is CC[C@H](C)[C@H](N)C1=N[C@H](C(=O)N[C@@H](CC(C)C)C(=O)N[C@H](CCC(=O)O)C(=O)N[C@H](C(=O)N2C(=O)[C@H](CC(N)=O)NC(=O)[C@@H](CC(=O)O)NC(=O)[C@H](Cc3cnc[nH]3)NC(=O)[C@@H](Cc3ccccc3)NC(=O)[C@H](C(C)C)NC(=O)[C@@H](CCCN)NC(=O)[C@@H]2CCCCN)[C@@H](C)CC)CS1. The molecule has 33 nitrogen and oxygen atoms in total. The Morgan fingerprint density at radius 2 is 1.24 bits per heavy atom. The number of H-pyrrole nitrogens is 1. The standard InChI is InChI=1S/C65H101N17O16S/c1-9-35(7)51(69)63-79-46(31-99-63)60(94)74-41(25-33(3)4)56(90)72-40(21-22-49(84)85)55(89)81-53(36(8)10-2)65(98)82-47(20-14-15-23-66)61(95)73-39(19-16-24-67)54(88)80-52(34(5)6)62(96)77-42(26-37-17-12-11-13-18-37)57(91)75-43(27-38-30-70-32-71-38)58(92)76-44(29-50(86)87)59(93)78-45(64(82)97)28-48(68)83/h11-13,17-18,30,32-36,39-47,51-53H,9-10,14-16,19-29,31,66-67,69H2,1-8H3,(H2,68,83)(H,70,71)(H,72,90)(H,73,95)(H,74,94)(H,75,91)(H,76,92)(H,77,96)(H,78,93)(H,80,88)(H,81,89)(H,84,85)(H,86,87)/t35-,36-,39+,40+,41-,42+,43-,44+,45-,46-,47-,51-,52-,53-/m0/s1. The van der Waals surface area contributed by atoms with Crippen molar-refractivity contribution in [2.45, 2.75) is 218 Å². The van der Waals surface area contributed by atoms with Crippen molar-refractivity contribution in [1.29, 1.82) is 0 Å². The number of carboxylic acid groups (broad SMARTS) is 2. The number of aromatic amines is 1. The van der Waals surface area contributed by atoms with E-state index in [4.69, 9.17) is 22.9 Å². The summed E-state index contributed by atoms with van der Waals surface area (Å²) in [6.07, 6.45) is -1.63. The van der Waals surface area contributed by atoms with Gasteiger partial charge < -0.3 is 86.0 Å². The maximum absolute atomic E-state index is 16.0. The molecule has 0 radical (unpaired) electrons. The molecule has 2 aliphatic rings. The lowest BCUT2D eigenvalue weighted by atomic mass is 9.94. The van der Waals surface area contributed by atoms with Gasteiger partial charge in [-0.15, -0.1) is 11.8 Å². The van der Waals surface area contributed by atoms with Gasteiger partial charge >= 0.3 is 11.9 Å². The lowest BCUT2D eigenvalue weighted by molar-refractivity contribution is -0.157. The molecule has 1 aromatic heterocycles. The van der Waals surface area contributed by atoms with E-state index in [1.54, 1.807) is 65.0 Å². The van der Waals surface area contributed by atoms with Gasteiger partial charge in [-0.25, -0.2) is 4.98 Å². The number of nitrogens with two attached hydrogens (primary N) is 4. The minimum absolute atomic E-state index is 0.00206. The smallest absolute Gasteiger partial charge is 0.305 e. The molecule has 99 heavy (non-hydrogen) atoms. The van der Waals surface area contributed by atoms with Crippen molar-refractivity contribution in [3.63, 3.8) is 0 Å². The number of carbonyl (C=O) groups is 14. The summed E-state index contributed by atoms with van der Waals surface area (Å²) >= 11 is 1.31. The zero-order chi connectivity index (χ0) is 73.8. The van der Waals surface area contributed by atoms with E-state index in [-0.39, 0.29) is 81.3 Å². The molecule has 1 fully saturated rings. The van der Waals surface area contributed by atoms with Crippen LogP contribution in [0.25, 0.3) is 0 Å². The molecule has 0 saturated carbocycles. The second-order valence-corrected chi connectivity index (χ2v) is 26.9. The molecule has 2 aromatic rings. The highest BCUT2D eigenvalue weighted by molar-refractivity contribution is 8.14. The normalized spacial score (nSPS) is 22.7. The summed E-state index contributed by atoms with van der Waals surface area (Å²) in [5.41, 5.74) is 24.9. The summed E-state index contributed by atoms with van der Waals surface area (Å²) in [7, 11) is 0. The van der Waals surface area contributed by atoms with Crippen LogP contribution in [-0.4, -0.2) is 204 Å². The quantitative estimate of drug-likeness (QED) is 0.0344. The van der Waals surface area contributed by atoms with Gasteiger partial charge in [-0.05, 0) is 87.3 Å². The van der Waals surface area contributed by atoms with Crippen molar-refractivity contribution in [2.75, 3.05) is 18.8 Å². The number of nitrogens with zero attached hydrogens (tertiary/aromatic N) is 3. The predicted molar refractivity (Wildman–Crippen MR) is 364 cm³/mol. The van der Waals surface area contributed by atoms with Gasteiger partial charge in [-0.3, -0.25) is 77.0 Å². The molecule has 12 amide bonds. The third-order valence-electron chi connectivity index (χ3n) is 17.1. The third-order valence-corrected chi connectivity index (χ3v) is 18.2. The summed E-state index contributed by atoms with van der Waals surface area (Å²) in [4.78, 5) is 214. The second-order valence-electron chi connectivity index (χ2n) is 25.8. The predicted octanol–water partition coefficient (Wildman–Crippen LogP) is -1.99. The third kappa shape index (κ3) is 26.1. The van der Waals surface area contributed by atoms with Gasteiger partial charge in [0.15, 0.2) is 0 Å². The Balaban J connectivity index is 1.98. The number of primary amides is 1. The number of unbranched alkanes of at least 4 members (excludes halogenated alkanes) is 1. The Hall–Kier alpha value is -8.89. The number of aromatic nitrogens is 2. The fraction of sp³-hybridized carbons (Fsp3) is 0.631. The topological polar surface area (TPSA) is 536 Å². The molecule has 1 aromatic carbocycles. The first-order valence-electron chi connectivity index (χ1n) is 33.5. The van der Waals surface area contributed by atoms with Crippen molar-refractivity contribution in [2.24, 2.45) is 51.6 Å². The van der Waals surface area contributed by atoms with Crippen LogP contribution in [-0.2, 0) is 80.0 Å². The molecular weight excluding hydrogens is 1310 g/mol. The molecule has 34 heteroatoms. The molecule has 0 spiro atoms. The largest absolute Gasteiger partial charge is 0.481 e. The van der Waals surface area contributed by atoms with Crippen LogP contribution in [0.5, 0.6) is 0 Å². The highest BCUT2D eigenvalue weighted by atomic mass is 32.2. The Morgan fingerprint density at radius 1 is 0.657 bits per heavy atom. The van der Waals surface area contributed by atoms with E-state index in [1.807, 2.05) is 13.8 Å². The molecule has 0 aliphatic carbocycles. The summed E-state index contributed by atoms with van der Waals surface area (Å²) in [5.74, 6) is -18.7. The molecule has 20 N–H and O–H groups in total. The maximum atomic E-state index is 16.0. The molecule has 14 atom stereocenters. The van der Waals surface area contributed by atoms with Crippen molar-refractivity contribution in [3.8, 4) is 0 Å². The molecule has 548 valence electrons. The first-order valence-corrected chi connectivity index (χ1v) is 34.5. The number of hydrogen-bond acceptors (Lipinski definition) is 20. The zero-order valence-corrected chi connectivity index (χ0v) is 58.3. The van der Waals surface area contributed by atoms with E-state index in [0.717, 1.165) is 6.42 Å².